The van der Waals surface area contributed by atoms with Crippen molar-refractivity contribution in [3.63, 3.8) is 0 Å². The topological polar surface area (TPSA) is 36.4 Å². The number of rotatable bonds is 5. The third-order valence-electron chi connectivity index (χ3n) is 4.53. The Bertz CT molecular complexity index is 675. The van der Waals surface area contributed by atoms with Gasteiger partial charge in [0.05, 0.1) is 6.04 Å². The van der Waals surface area contributed by atoms with Gasteiger partial charge in [-0.05, 0) is 61.8 Å². The summed E-state index contributed by atoms with van der Waals surface area (Å²) in [5.41, 5.74) is 1.97. The first kappa shape index (κ1) is 16.6. The van der Waals surface area contributed by atoms with E-state index in [1.807, 2.05) is 24.1 Å². The molecule has 0 unspecified atom stereocenters. The predicted octanol–water partition coefficient (Wildman–Crippen LogP) is 2.84. The molecule has 24 heavy (non-hydrogen) atoms. The molecule has 1 amide bonds. The number of halogens is 1. The fourth-order valence-electron chi connectivity index (χ4n) is 3.16. The Labute approximate surface area is 141 Å². The molecule has 4 nitrogen and oxygen atoms in total. The summed E-state index contributed by atoms with van der Waals surface area (Å²) >= 11 is 0. The Hall–Kier alpha value is -2.27. The molecule has 1 saturated heterocycles. The molecule has 0 bridgehead atoms. The highest BCUT2D eigenvalue weighted by atomic mass is 19.1. The number of hydrogen-bond donors (Lipinski definition) is 0. The second kappa shape index (κ2) is 7.53. The van der Waals surface area contributed by atoms with Gasteiger partial charge in [-0.25, -0.2) is 4.39 Å². The molecular formula is C19H22FN3O. The van der Waals surface area contributed by atoms with Crippen LogP contribution in [-0.4, -0.2) is 40.3 Å². The summed E-state index contributed by atoms with van der Waals surface area (Å²) in [5, 5.41) is 0. The van der Waals surface area contributed by atoms with E-state index in [2.05, 4.69) is 9.88 Å². The van der Waals surface area contributed by atoms with Gasteiger partial charge in [0.1, 0.15) is 5.82 Å². The molecule has 2 aromatic rings. The zero-order valence-corrected chi connectivity index (χ0v) is 13.9. The minimum Gasteiger partial charge on any atom is -0.333 e. The smallest absolute Gasteiger partial charge is 0.240 e. The maximum absolute atomic E-state index is 13.1. The molecule has 0 saturated carbocycles. The van der Waals surface area contributed by atoms with Crippen LogP contribution in [0.4, 0.5) is 4.39 Å². The van der Waals surface area contributed by atoms with Crippen molar-refractivity contribution in [1.82, 2.24) is 14.8 Å². The van der Waals surface area contributed by atoms with Crippen molar-refractivity contribution in [2.45, 2.75) is 32.0 Å². The molecular weight excluding hydrogens is 305 g/mol. The van der Waals surface area contributed by atoms with Gasteiger partial charge in [0, 0.05) is 25.5 Å². The Balaban J connectivity index is 1.79. The Morgan fingerprint density at radius 1 is 1.17 bits per heavy atom. The van der Waals surface area contributed by atoms with Crippen LogP contribution in [0, 0.1) is 5.82 Å². The molecule has 5 heteroatoms. The van der Waals surface area contributed by atoms with Crippen LogP contribution in [-0.2, 0) is 17.9 Å². The standard InChI is InChI=1S/C19H22FN3O/c1-22-12-2-3-18(22)19(24)23(14-16-8-10-21-11-9-16)13-15-4-6-17(20)7-5-15/h4-11,18H,2-3,12-14H2,1H3/t18-/m0/s1. The van der Waals surface area contributed by atoms with Crippen LogP contribution < -0.4 is 0 Å². The number of aromatic nitrogens is 1. The summed E-state index contributed by atoms with van der Waals surface area (Å²) in [5.74, 6) is -0.127. The minimum atomic E-state index is -0.263. The molecule has 3 rings (SSSR count). The Morgan fingerprint density at radius 3 is 2.38 bits per heavy atom. The normalized spacial score (nSPS) is 17.8. The highest BCUT2D eigenvalue weighted by molar-refractivity contribution is 5.82. The lowest BCUT2D eigenvalue weighted by Crippen LogP contribution is -2.43. The number of benzene rings is 1. The Kier molecular flexibility index (Phi) is 5.20. The van der Waals surface area contributed by atoms with Crippen molar-refractivity contribution in [3.8, 4) is 0 Å². The lowest BCUT2D eigenvalue weighted by atomic mass is 10.1. The second-order valence-corrected chi connectivity index (χ2v) is 6.31. The maximum Gasteiger partial charge on any atom is 0.240 e. The summed E-state index contributed by atoms with van der Waals surface area (Å²) in [7, 11) is 2.00. The summed E-state index contributed by atoms with van der Waals surface area (Å²) in [6, 6.07) is 10.1. The van der Waals surface area contributed by atoms with E-state index >= 15 is 0 Å². The van der Waals surface area contributed by atoms with Crippen molar-refractivity contribution in [2.75, 3.05) is 13.6 Å². The fourth-order valence-corrected chi connectivity index (χ4v) is 3.16. The van der Waals surface area contributed by atoms with Crippen LogP contribution in [0.2, 0.25) is 0 Å². The Morgan fingerprint density at radius 2 is 1.79 bits per heavy atom. The van der Waals surface area contributed by atoms with Crippen molar-refractivity contribution in [2.24, 2.45) is 0 Å². The molecule has 1 atom stereocenters. The molecule has 1 aromatic heterocycles. The molecule has 0 spiro atoms. The number of carbonyl (C=O) groups is 1. The predicted molar refractivity (Wildman–Crippen MR) is 90.5 cm³/mol. The van der Waals surface area contributed by atoms with Crippen molar-refractivity contribution < 1.29 is 9.18 Å². The third kappa shape index (κ3) is 3.97. The minimum absolute atomic E-state index is 0.0627. The first-order valence-corrected chi connectivity index (χ1v) is 8.26. The molecule has 0 radical (unpaired) electrons. The average Bonchev–Trinajstić information content (AvgIpc) is 3.02. The lowest BCUT2D eigenvalue weighted by Gasteiger charge is -2.29. The third-order valence-corrected chi connectivity index (χ3v) is 4.53. The molecule has 1 aliphatic heterocycles. The van der Waals surface area contributed by atoms with Crippen LogP contribution in [0.15, 0.2) is 48.8 Å². The van der Waals surface area contributed by atoms with Crippen LogP contribution in [0.5, 0.6) is 0 Å². The van der Waals surface area contributed by atoms with Crippen LogP contribution in [0.25, 0.3) is 0 Å². The quantitative estimate of drug-likeness (QED) is 0.847. The number of nitrogens with zero attached hydrogens (tertiary/aromatic N) is 3. The van der Waals surface area contributed by atoms with E-state index in [0.29, 0.717) is 13.1 Å². The first-order chi connectivity index (χ1) is 11.6. The second-order valence-electron chi connectivity index (χ2n) is 6.31. The molecule has 2 heterocycles. The first-order valence-electron chi connectivity index (χ1n) is 8.26. The van der Waals surface area contributed by atoms with Gasteiger partial charge in [-0.2, -0.15) is 0 Å². The summed E-state index contributed by atoms with van der Waals surface area (Å²) < 4.78 is 13.1. The van der Waals surface area contributed by atoms with E-state index in [0.717, 1.165) is 30.5 Å². The van der Waals surface area contributed by atoms with E-state index in [4.69, 9.17) is 0 Å². The lowest BCUT2D eigenvalue weighted by molar-refractivity contribution is -0.136. The van der Waals surface area contributed by atoms with Gasteiger partial charge in [0.25, 0.3) is 0 Å². The van der Waals surface area contributed by atoms with Gasteiger partial charge in [-0.1, -0.05) is 12.1 Å². The van der Waals surface area contributed by atoms with E-state index in [1.165, 1.54) is 12.1 Å². The maximum atomic E-state index is 13.1. The molecule has 1 fully saturated rings. The largest absolute Gasteiger partial charge is 0.333 e. The van der Waals surface area contributed by atoms with E-state index < -0.39 is 0 Å². The molecule has 0 N–H and O–H groups in total. The van der Waals surface area contributed by atoms with Crippen LogP contribution in [0.1, 0.15) is 24.0 Å². The summed E-state index contributed by atoms with van der Waals surface area (Å²) in [6.07, 6.45) is 5.41. The number of likely N-dealkylation sites (N-methyl/N-ethyl adjacent to an activating group) is 1. The fraction of sp³-hybridized carbons (Fsp3) is 0.368. The molecule has 126 valence electrons. The molecule has 1 aromatic carbocycles. The number of hydrogen-bond acceptors (Lipinski definition) is 3. The van der Waals surface area contributed by atoms with Crippen LogP contribution in [0.3, 0.4) is 0 Å². The van der Waals surface area contributed by atoms with Gasteiger partial charge in [0.2, 0.25) is 5.91 Å². The van der Waals surface area contributed by atoms with Crippen molar-refractivity contribution in [3.05, 3.63) is 65.7 Å². The van der Waals surface area contributed by atoms with Crippen molar-refractivity contribution in [1.29, 1.82) is 0 Å². The number of carbonyl (C=O) groups excluding carboxylic acids is 1. The summed E-state index contributed by atoms with van der Waals surface area (Å²) in [6.45, 7) is 1.96. The number of likely N-dealkylation sites (tertiary alicyclic amines) is 1. The highest BCUT2D eigenvalue weighted by Crippen LogP contribution is 2.20. The van der Waals surface area contributed by atoms with Gasteiger partial charge >= 0.3 is 0 Å². The monoisotopic (exact) mass is 327 g/mol. The number of pyridine rings is 1. The average molecular weight is 327 g/mol. The zero-order chi connectivity index (χ0) is 16.9. The van der Waals surface area contributed by atoms with Gasteiger partial charge in [-0.3, -0.25) is 14.7 Å². The zero-order valence-electron chi connectivity index (χ0n) is 13.9. The van der Waals surface area contributed by atoms with Gasteiger partial charge in [-0.15, -0.1) is 0 Å². The number of amides is 1. The molecule has 0 aliphatic carbocycles. The van der Waals surface area contributed by atoms with Gasteiger partial charge in [0.15, 0.2) is 0 Å². The van der Waals surface area contributed by atoms with Crippen LogP contribution >= 0.6 is 0 Å². The van der Waals surface area contributed by atoms with E-state index in [1.54, 1.807) is 24.5 Å². The molecule has 1 aliphatic rings. The highest BCUT2D eigenvalue weighted by Gasteiger charge is 2.31. The van der Waals surface area contributed by atoms with Crippen molar-refractivity contribution >= 4 is 5.91 Å². The van der Waals surface area contributed by atoms with E-state index in [-0.39, 0.29) is 17.8 Å². The van der Waals surface area contributed by atoms with E-state index in [9.17, 15) is 9.18 Å². The summed E-state index contributed by atoms with van der Waals surface area (Å²) in [4.78, 5) is 21.0. The van der Waals surface area contributed by atoms with Gasteiger partial charge < -0.3 is 4.90 Å². The SMILES string of the molecule is CN1CCC[C@H]1C(=O)N(Cc1ccncc1)Cc1ccc(F)cc1.